The summed E-state index contributed by atoms with van der Waals surface area (Å²) in [5.74, 6) is 0. The Hall–Kier alpha value is -0.610. The zero-order chi connectivity index (χ0) is 14.5. The second-order valence-corrected chi connectivity index (χ2v) is 6.39. The van der Waals surface area contributed by atoms with Gasteiger partial charge < -0.3 is 10.0 Å². The van der Waals surface area contributed by atoms with Crippen LogP contribution in [0.4, 0.5) is 0 Å². The molecule has 112 valence electrons. The monoisotopic (exact) mass is 296 g/mol. The molecule has 0 radical (unpaired) electrons. The molecule has 4 heteroatoms. The van der Waals surface area contributed by atoms with E-state index in [-0.39, 0.29) is 0 Å². The summed E-state index contributed by atoms with van der Waals surface area (Å²) in [4.78, 5) is 4.76. The lowest BCUT2D eigenvalue weighted by atomic mass is 10.1. The van der Waals surface area contributed by atoms with Crippen LogP contribution < -0.4 is 0 Å². The molecule has 2 unspecified atom stereocenters. The molecule has 0 amide bonds. The lowest BCUT2D eigenvalue weighted by molar-refractivity contribution is 0.131. The first kappa shape index (κ1) is 15.8. The highest BCUT2D eigenvalue weighted by atomic mass is 35.5. The molecule has 20 heavy (non-hydrogen) atoms. The van der Waals surface area contributed by atoms with E-state index >= 15 is 0 Å². The molecule has 0 bridgehead atoms. The van der Waals surface area contributed by atoms with E-state index in [9.17, 15) is 5.11 Å². The van der Waals surface area contributed by atoms with Crippen molar-refractivity contribution in [2.45, 2.75) is 31.4 Å². The summed E-state index contributed by atoms with van der Waals surface area (Å²) in [5, 5.41) is 11.0. The van der Waals surface area contributed by atoms with Crippen LogP contribution in [0.3, 0.4) is 0 Å². The highest BCUT2D eigenvalue weighted by Gasteiger charge is 2.25. The number of halogens is 1. The minimum absolute atomic E-state index is 0.395. The Bertz CT molecular complexity index is 407. The first-order valence-electron chi connectivity index (χ1n) is 7.38. The summed E-state index contributed by atoms with van der Waals surface area (Å²) in [6.45, 7) is 3.23. The lowest BCUT2D eigenvalue weighted by Crippen LogP contribution is -2.38. The van der Waals surface area contributed by atoms with E-state index in [1.807, 2.05) is 24.3 Å². The van der Waals surface area contributed by atoms with Crippen molar-refractivity contribution in [2.75, 3.05) is 33.7 Å². The van der Waals surface area contributed by atoms with Crippen LogP contribution in [0, 0.1) is 0 Å². The molecule has 1 aliphatic rings. The number of rotatable bonds is 6. The number of likely N-dealkylation sites (tertiary alicyclic amines) is 1. The zero-order valence-corrected chi connectivity index (χ0v) is 13.2. The van der Waals surface area contributed by atoms with E-state index in [4.69, 9.17) is 11.6 Å². The second kappa shape index (κ2) is 7.41. The molecule has 2 atom stereocenters. The van der Waals surface area contributed by atoms with E-state index in [1.165, 1.54) is 12.8 Å². The van der Waals surface area contributed by atoms with Crippen molar-refractivity contribution in [3.8, 4) is 0 Å². The van der Waals surface area contributed by atoms with Gasteiger partial charge in [0.15, 0.2) is 0 Å². The Morgan fingerprint density at radius 1 is 1.35 bits per heavy atom. The molecule has 1 aliphatic heterocycles. The predicted octanol–water partition coefficient (Wildman–Crippen LogP) is 2.79. The van der Waals surface area contributed by atoms with Gasteiger partial charge in [-0.3, -0.25) is 4.90 Å². The molecule has 1 aromatic rings. The molecular weight excluding hydrogens is 272 g/mol. The topological polar surface area (TPSA) is 26.7 Å². The van der Waals surface area contributed by atoms with E-state index in [0.29, 0.717) is 11.1 Å². The van der Waals surface area contributed by atoms with Crippen LogP contribution >= 0.6 is 11.6 Å². The first-order chi connectivity index (χ1) is 9.56. The Balaban J connectivity index is 1.83. The van der Waals surface area contributed by atoms with Crippen LogP contribution in [0.5, 0.6) is 0 Å². The Kier molecular flexibility index (Phi) is 5.85. The highest BCUT2D eigenvalue weighted by Crippen LogP contribution is 2.23. The Morgan fingerprint density at radius 2 is 2.05 bits per heavy atom. The van der Waals surface area contributed by atoms with E-state index < -0.39 is 6.10 Å². The number of nitrogens with zero attached hydrogens (tertiary/aromatic N) is 2. The maximum absolute atomic E-state index is 10.3. The molecule has 3 nitrogen and oxygen atoms in total. The number of aliphatic hydroxyl groups is 1. The summed E-state index contributed by atoms with van der Waals surface area (Å²) in [7, 11) is 4.25. The van der Waals surface area contributed by atoms with Gasteiger partial charge in [0.25, 0.3) is 0 Å². The number of hydrogen-bond donors (Lipinski definition) is 1. The van der Waals surface area contributed by atoms with Crippen LogP contribution in [0.1, 0.15) is 30.9 Å². The SMILES string of the molecule is CN(C)CC1CCCN1CCC(O)c1ccc(Cl)cc1. The number of benzene rings is 1. The van der Waals surface area contributed by atoms with E-state index in [2.05, 4.69) is 23.9 Å². The number of likely N-dealkylation sites (N-methyl/N-ethyl adjacent to an activating group) is 1. The van der Waals surface area contributed by atoms with Crippen molar-refractivity contribution in [2.24, 2.45) is 0 Å². The van der Waals surface area contributed by atoms with E-state index in [0.717, 1.165) is 31.6 Å². The Labute approximate surface area is 127 Å². The van der Waals surface area contributed by atoms with Crippen molar-refractivity contribution in [1.82, 2.24) is 9.80 Å². The van der Waals surface area contributed by atoms with Gasteiger partial charge in [-0.2, -0.15) is 0 Å². The third kappa shape index (κ3) is 4.45. The average Bonchev–Trinajstić information content (AvgIpc) is 2.83. The van der Waals surface area contributed by atoms with Gasteiger partial charge in [0.1, 0.15) is 0 Å². The molecule has 0 aliphatic carbocycles. The summed E-state index contributed by atoms with van der Waals surface area (Å²) in [6.07, 6.45) is 2.93. The van der Waals surface area contributed by atoms with Crippen molar-refractivity contribution in [3.63, 3.8) is 0 Å². The van der Waals surface area contributed by atoms with Gasteiger partial charge in [0, 0.05) is 24.2 Å². The molecule has 0 spiro atoms. The van der Waals surface area contributed by atoms with Gasteiger partial charge in [-0.15, -0.1) is 0 Å². The van der Waals surface area contributed by atoms with Gasteiger partial charge in [-0.05, 0) is 57.6 Å². The molecule has 1 heterocycles. The van der Waals surface area contributed by atoms with Crippen molar-refractivity contribution < 1.29 is 5.11 Å². The van der Waals surface area contributed by atoms with Crippen LogP contribution in [0.2, 0.25) is 5.02 Å². The number of aliphatic hydroxyl groups excluding tert-OH is 1. The normalized spacial score (nSPS) is 21.6. The van der Waals surface area contributed by atoms with Gasteiger partial charge in [-0.1, -0.05) is 23.7 Å². The first-order valence-corrected chi connectivity index (χ1v) is 7.76. The van der Waals surface area contributed by atoms with Gasteiger partial charge in [-0.25, -0.2) is 0 Å². The molecular formula is C16H25ClN2O. The quantitative estimate of drug-likeness (QED) is 0.874. The minimum atomic E-state index is -0.395. The van der Waals surface area contributed by atoms with Crippen LogP contribution in [-0.4, -0.2) is 54.7 Å². The van der Waals surface area contributed by atoms with Gasteiger partial charge >= 0.3 is 0 Å². The third-order valence-corrected chi connectivity index (χ3v) is 4.27. The molecule has 1 fully saturated rings. The predicted molar refractivity (Wildman–Crippen MR) is 84.2 cm³/mol. The van der Waals surface area contributed by atoms with Crippen molar-refractivity contribution in [1.29, 1.82) is 0 Å². The maximum Gasteiger partial charge on any atom is 0.0802 e. The summed E-state index contributed by atoms with van der Waals surface area (Å²) >= 11 is 5.87. The largest absolute Gasteiger partial charge is 0.388 e. The summed E-state index contributed by atoms with van der Waals surface area (Å²) in [6, 6.07) is 8.14. The molecule has 1 saturated heterocycles. The van der Waals surface area contributed by atoms with Crippen LogP contribution in [0.15, 0.2) is 24.3 Å². The second-order valence-electron chi connectivity index (χ2n) is 5.95. The zero-order valence-electron chi connectivity index (χ0n) is 12.4. The standard InChI is InChI=1S/C16H25ClN2O/c1-18(2)12-15-4-3-10-19(15)11-9-16(20)13-5-7-14(17)8-6-13/h5-8,15-16,20H,3-4,9-12H2,1-2H3. The fourth-order valence-corrected chi connectivity index (χ4v) is 3.08. The fraction of sp³-hybridized carbons (Fsp3) is 0.625. The minimum Gasteiger partial charge on any atom is -0.388 e. The highest BCUT2D eigenvalue weighted by molar-refractivity contribution is 6.30. The fourth-order valence-electron chi connectivity index (χ4n) is 2.96. The van der Waals surface area contributed by atoms with E-state index in [1.54, 1.807) is 0 Å². The number of hydrogen-bond acceptors (Lipinski definition) is 3. The third-order valence-electron chi connectivity index (χ3n) is 4.02. The molecule has 1 aromatic carbocycles. The maximum atomic E-state index is 10.3. The van der Waals surface area contributed by atoms with Gasteiger partial charge in [0.05, 0.1) is 6.10 Å². The summed E-state index contributed by atoms with van der Waals surface area (Å²) < 4.78 is 0. The van der Waals surface area contributed by atoms with Crippen LogP contribution in [0.25, 0.3) is 0 Å². The van der Waals surface area contributed by atoms with Crippen LogP contribution in [-0.2, 0) is 0 Å². The average molecular weight is 297 g/mol. The Morgan fingerprint density at radius 3 is 2.70 bits per heavy atom. The molecule has 1 N–H and O–H groups in total. The van der Waals surface area contributed by atoms with Crippen molar-refractivity contribution in [3.05, 3.63) is 34.9 Å². The summed E-state index contributed by atoms with van der Waals surface area (Å²) in [5.41, 5.74) is 0.956. The lowest BCUT2D eigenvalue weighted by Gasteiger charge is -2.27. The smallest absolute Gasteiger partial charge is 0.0802 e. The molecule has 2 rings (SSSR count). The van der Waals surface area contributed by atoms with Gasteiger partial charge in [0.2, 0.25) is 0 Å². The van der Waals surface area contributed by atoms with Crippen molar-refractivity contribution >= 4 is 11.6 Å². The molecule has 0 aromatic heterocycles. The molecule has 0 saturated carbocycles.